The van der Waals surface area contributed by atoms with Crippen molar-refractivity contribution in [2.75, 3.05) is 25.6 Å². The van der Waals surface area contributed by atoms with Gasteiger partial charge in [0.1, 0.15) is 11.2 Å². The van der Waals surface area contributed by atoms with Crippen LogP contribution in [0.4, 0.5) is 11.5 Å². The molecule has 2 aromatic carbocycles. The molecule has 0 spiro atoms. The summed E-state index contributed by atoms with van der Waals surface area (Å²) in [6, 6.07) is 15.5. The van der Waals surface area contributed by atoms with Crippen molar-refractivity contribution in [2.24, 2.45) is 14.1 Å². The van der Waals surface area contributed by atoms with E-state index in [1.54, 1.807) is 26.4 Å². The monoisotopic (exact) mass is 668 g/mol. The Morgan fingerprint density at radius 2 is 1.81 bits per heavy atom. The van der Waals surface area contributed by atoms with E-state index >= 15 is 0 Å². The first-order valence-corrected chi connectivity index (χ1v) is 16.4. The number of rotatable bonds is 7. The fraction of sp³-hybridized carbons (Fsp3) is 0.333. The number of aliphatic hydroxyl groups is 1. The third-order valence-electron chi connectivity index (χ3n) is 9.63. The molecule has 3 atom stereocenters. The van der Waals surface area contributed by atoms with Gasteiger partial charge >= 0.3 is 5.69 Å². The van der Waals surface area contributed by atoms with E-state index in [-0.39, 0.29) is 12.1 Å². The van der Waals surface area contributed by atoms with Crippen molar-refractivity contribution in [3.63, 3.8) is 0 Å². The highest BCUT2D eigenvalue weighted by molar-refractivity contribution is 6.36. The molecule has 0 bridgehead atoms. The van der Waals surface area contributed by atoms with Gasteiger partial charge in [0.2, 0.25) is 5.88 Å². The number of hydrogen-bond acceptors (Lipinski definition) is 9. The number of anilines is 2. The van der Waals surface area contributed by atoms with Gasteiger partial charge in [0, 0.05) is 61.4 Å². The second-order valence-corrected chi connectivity index (χ2v) is 12.8. The zero-order valence-electron chi connectivity index (χ0n) is 27.2. The average molecular weight is 669 g/mol. The standard InChI is InChI=1S/C36H37ClN6O5/c1-19-21(7-6-10-24(19)40-33-31-28(13-15-38-33)42(2)36(46)43(3)35(31)45)22-8-5-9-23(32(22)37)27-17-20-11-12-26(30(20)34(41-27)47-4)39-25-14-16-48-18-29(25)44/h5-10,13,15,17,25-26,29,39,44H,11-12,14,16,18H2,1-4H3,(H,38,40). The fourth-order valence-electron chi connectivity index (χ4n) is 6.99. The number of fused-ring (bicyclic) bond motifs is 2. The van der Waals surface area contributed by atoms with Crippen molar-refractivity contribution in [1.82, 2.24) is 24.4 Å². The van der Waals surface area contributed by atoms with E-state index in [9.17, 15) is 14.7 Å². The zero-order valence-corrected chi connectivity index (χ0v) is 28.0. The molecule has 7 rings (SSSR count). The molecule has 1 aliphatic carbocycles. The molecule has 3 N–H and O–H groups in total. The van der Waals surface area contributed by atoms with E-state index in [0.29, 0.717) is 40.8 Å². The normalized spacial score (nSPS) is 19.0. The van der Waals surface area contributed by atoms with Crippen molar-refractivity contribution in [3.8, 4) is 28.3 Å². The van der Waals surface area contributed by atoms with E-state index in [2.05, 4.69) is 21.7 Å². The number of methoxy groups -OCH3 is 1. The fourth-order valence-corrected chi connectivity index (χ4v) is 7.31. The summed E-state index contributed by atoms with van der Waals surface area (Å²) < 4.78 is 13.8. The number of aryl methyl sites for hydroxylation is 2. The summed E-state index contributed by atoms with van der Waals surface area (Å²) in [5.41, 5.74) is 6.72. The van der Waals surface area contributed by atoms with E-state index in [0.717, 1.165) is 68.6 Å². The van der Waals surface area contributed by atoms with Crippen LogP contribution in [0.25, 0.3) is 33.3 Å². The van der Waals surface area contributed by atoms with Crippen LogP contribution in [0, 0.1) is 6.92 Å². The molecule has 3 unspecified atom stereocenters. The number of ether oxygens (including phenoxy) is 2. The molecule has 1 aliphatic heterocycles. The minimum Gasteiger partial charge on any atom is -0.481 e. The van der Waals surface area contributed by atoms with Crippen LogP contribution in [0.5, 0.6) is 5.88 Å². The molecule has 1 fully saturated rings. The maximum atomic E-state index is 13.2. The second kappa shape index (κ2) is 12.8. The Kier molecular flexibility index (Phi) is 8.55. The first kappa shape index (κ1) is 32.0. The highest BCUT2D eigenvalue weighted by atomic mass is 35.5. The second-order valence-electron chi connectivity index (χ2n) is 12.4. The van der Waals surface area contributed by atoms with Gasteiger partial charge in [0.05, 0.1) is 36.1 Å². The zero-order chi connectivity index (χ0) is 33.7. The van der Waals surface area contributed by atoms with Crippen molar-refractivity contribution in [1.29, 1.82) is 0 Å². The van der Waals surface area contributed by atoms with Crippen molar-refractivity contribution in [3.05, 3.63) is 97.3 Å². The summed E-state index contributed by atoms with van der Waals surface area (Å²) in [5, 5.41) is 18.3. The maximum Gasteiger partial charge on any atom is 0.330 e. The average Bonchev–Trinajstić information content (AvgIpc) is 3.50. The largest absolute Gasteiger partial charge is 0.481 e. The van der Waals surface area contributed by atoms with Crippen LogP contribution in [0.3, 0.4) is 0 Å². The maximum absolute atomic E-state index is 13.2. The van der Waals surface area contributed by atoms with E-state index in [1.807, 2.05) is 43.3 Å². The predicted molar refractivity (Wildman–Crippen MR) is 186 cm³/mol. The number of hydrogen-bond donors (Lipinski definition) is 3. The van der Waals surface area contributed by atoms with Gasteiger partial charge in [-0.25, -0.2) is 14.8 Å². The molecule has 5 aromatic rings. The molecular weight excluding hydrogens is 632 g/mol. The summed E-state index contributed by atoms with van der Waals surface area (Å²) >= 11 is 7.19. The van der Waals surface area contributed by atoms with Crippen LogP contribution in [-0.4, -0.2) is 56.7 Å². The van der Waals surface area contributed by atoms with Gasteiger partial charge < -0.3 is 25.2 Å². The molecule has 4 heterocycles. The Balaban J connectivity index is 1.24. The highest BCUT2D eigenvalue weighted by Gasteiger charge is 2.33. The lowest BCUT2D eigenvalue weighted by Crippen LogP contribution is -2.47. The SMILES string of the molecule is COc1nc(-c2cccc(-c3cccc(Nc4nccc5c4c(=O)n(C)c(=O)n5C)c3C)c2Cl)cc2c1C(NC1CCOCC1O)CC2. The lowest BCUT2D eigenvalue weighted by Gasteiger charge is -2.31. The van der Waals surface area contributed by atoms with Crippen LogP contribution in [0.15, 0.2) is 64.3 Å². The number of halogens is 1. The molecule has 248 valence electrons. The number of nitrogens with one attached hydrogen (secondary N) is 2. The van der Waals surface area contributed by atoms with Crippen LogP contribution < -0.4 is 26.6 Å². The van der Waals surface area contributed by atoms with Gasteiger partial charge in [0.25, 0.3) is 5.56 Å². The first-order chi connectivity index (χ1) is 23.2. The van der Waals surface area contributed by atoms with Crippen LogP contribution in [0.1, 0.15) is 35.6 Å². The lowest BCUT2D eigenvalue weighted by atomic mass is 9.96. The molecule has 3 aromatic heterocycles. The number of nitrogens with zero attached hydrogens (tertiary/aromatic N) is 4. The smallest absolute Gasteiger partial charge is 0.330 e. The quantitative estimate of drug-likeness (QED) is 0.224. The molecule has 0 saturated carbocycles. The molecule has 0 amide bonds. The number of pyridine rings is 2. The van der Waals surface area contributed by atoms with Crippen molar-refractivity contribution in [2.45, 2.75) is 44.4 Å². The predicted octanol–water partition coefficient (Wildman–Crippen LogP) is 4.80. The summed E-state index contributed by atoms with van der Waals surface area (Å²) in [6.45, 7) is 2.94. The van der Waals surface area contributed by atoms with E-state index in [1.165, 1.54) is 11.6 Å². The topological polar surface area (TPSA) is 133 Å². The van der Waals surface area contributed by atoms with Crippen molar-refractivity contribution >= 4 is 34.0 Å². The molecule has 12 heteroatoms. The Hall–Kier alpha value is -4.55. The third kappa shape index (κ3) is 5.46. The van der Waals surface area contributed by atoms with Gasteiger partial charge in [0.15, 0.2) is 0 Å². The number of aliphatic hydroxyl groups excluding tert-OH is 1. The van der Waals surface area contributed by atoms with Gasteiger partial charge in [-0.15, -0.1) is 0 Å². The number of aromatic nitrogens is 4. The van der Waals surface area contributed by atoms with Crippen LogP contribution in [0.2, 0.25) is 5.02 Å². The third-order valence-corrected chi connectivity index (χ3v) is 10.0. The minimum atomic E-state index is -0.550. The van der Waals surface area contributed by atoms with Crippen LogP contribution >= 0.6 is 11.6 Å². The summed E-state index contributed by atoms with van der Waals surface area (Å²) in [6.07, 6.45) is 3.50. The van der Waals surface area contributed by atoms with Gasteiger partial charge in [-0.05, 0) is 61.1 Å². The Morgan fingerprint density at radius 3 is 2.60 bits per heavy atom. The molecule has 0 radical (unpaired) electrons. The molecule has 1 saturated heterocycles. The first-order valence-electron chi connectivity index (χ1n) is 16.0. The molecule has 11 nitrogen and oxygen atoms in total. The van der Waals surface area contributed by atoms with E-state index in [4.69, 9.17) is 26.1 Å². The van der Waals surface area contributed by atoms with Crippen LogP contribution in [-0.2, 0) is 25.3 Å². The number of benzene rings is 2. The van der Waals surface area contributed by atoms with Crippen molar-refractivity contribution < 1.29 is 14.6 Å². The highest BCUT2D eigenvalue weighted by Crippen LogP contribution is 2.43. The van der Waals surface area contributed by atoms with Gasteiger partial charge in [-0.3, -0.25) is 13.9 Å². The molecule has 2 aliphatic rings. The summed E-state index contributed by atoms with van der Waals surface area (Å²) in [7, 11) is 4.72. The van der Waals surface area contributed by atoms with E-state index < -0.39 is 17.4 Å². The summed E-state index contributed by atoms with van der Waals surface area (Å²) in [4.78, 5) is 35.1. The minimum absolute atomic E-state index is 0.0234. The van der Waals surface area contributed by atoms with Gasteiger partial charge in [-0.1, -0.05) is 41.9 Å². The molecule has 48 heavy (non-hydrogen) atoms. The lowest BCUT2D eigenvalue weighted by molar-refractivity contribution is -0.0304. The van der Waals surface area contributed by atoms with Gasteiger partial charge in [-0.2, -0.15) is 0 Å². The Bertz CT molecular complexity index is 2180. The summed E-state index contributed by atoms with van der Waals surface area (Å²) in [5.74, 6) is 0.909. The molecular formula is C36H37ClN6O5. The Labute approximate surface area is 282 Å². The Morgan fingerprint density at radius 1 is 1.04 bits per heavy atom.